The number of methoxy groups -OCH3 is 2. The Kier molecular flexibility index (Phi) is 23.3. The van der Waals surface area contributed by atoms with E-state index in [1.165, 1.54) is 0 Å². The van der Waals surface area contributed by atoms with Crippen LogP contribution in [0.1, 0.15) is 87.7 Å². The molecule has 0 bridgehead atoms. The molecule has 0 saturated carbocycles. The van der Waals surface area contributed by atoms with E-state index < -0.39 is 55.9 Å². The number of allylic oxidation sites excluding steroid dienone is 3. The maximum Gasteiger partial charge on any atom is 0.520 e. The summed E-state index contributed by atoms with van der Waals surface area (Å²) in [6.07, 6.45) is 7.95. The predicted octanol–water partition coefficient (Wildman–Crippen LogP) is 5.52. The van der Waals surface area contributed by atoms with Gasteiger partial charge in [0.25, 0.3) is 11.8 Å². The number of carbonyl (C=O) groups excluding carboxylic acids is 3. The monoisotopic (exact) mass is 1240 g/mol. The first-order valence-corrected chi connectivity index (χ1v) is 31.8. The highest BCUT2D eigenvalue weighted by Crippen LogP contribution is 2.44. The van der Waals surface area contributed by atoms with E-state index in [4.69, 9.17) is 23.8 Å². The second kappa shape index (κ2) is 30.3. The number of imide groups is 1. The first kappa shape index (κ1) is 67.6. The SMILES string of the molecule is COCCOCC#C[B-]1(C#CCOCCOC)n2c(/C=C/c3ccc(C#CC[N+](C)(C)CCCS(=O)(=O)[O-])cc3)cc(C)c2C(c2ccc(C(=O)ON3C(=O)CCC3=O)cc2)=C2C(C)=CC(/C=C/c3ccc(C#CC[N+](C)(C)CCCS(=O)(=O)[O-])cc3)=[N+]21. The van der Waals surface area contributed by atoms with Crippen molar-refractivity contribution < 1.29 is 77.6 Å². The summed E-state index contributed by atoms with van der Waals surface area (Å²) >= 11 is 0. The van der Waals surface area contributed by atoms with E-state index in [1.54, 1.807) is 38.5 Å². The summed E-state index contributed by atoms with van der Waals surface area (Å²) in [5.41, 5.74) is 9.82. The topological polar surface area (TPSA) is 223 Å². The van der Waals surface area contributed by atoms with E-state index in [-0.39, 0.29) is 44.5 Å². The molecule has 88 heavy (non-hydrogen) atoms. The number of quaternary nitrogens is 2. The smallest absolute Gasteiger partial charge is 0.520 e. The van der Waals surface area contributed by atoms with Crippen molar-refractivity contribution in [1.29, 1.82) is 0 Å². The van der Waals surface area contributed by atoms with E-state index in [9.17, 15) is 40.3 Å². The minimum atomic E-state index is -4.30. The van der Waals surface area contributed by atoms with E-state index >= 15 is 0 Å². The fraction of sp³-hybridized carbons (Fsp3) is 0.364. The molecule has 0 aliphatic carbocycles. The number of aryl methyl sites for hydroxylation is 1. The number of fused-ring (bicyclic) bond motifs is 2. The van der Waals surface area contributed by atoms with Gasteiger partial charge in [0.2, 0.25) is 0 Å². The number of nitrogens with zero attached hydrogens (tertiary/aromatic N) is 5. The maximum atomic E-state index is 13.5. The lowest BCUT2D eigenvalue weighted by Crippen LogP contribution is -2.57. The molecule has 3 aromatic carbocycles. The van der Waals surface area contributed by atoms with Gasteiger partial charge in [0.05, 0.1) is 99.1 Å². The average molecular weight is 1240 g/mol. The van der Waals surface area contributed by atoms with Gasteiger partial charge in [-0.15, -0.1) is 16.9 Å². The van der Waals surface area contributed by atoms with Crippen LogP contribution in [0.3, 0.4) is 0 Å². The Morgan fingerprint density at radius 3 is 1.64 bits per heavy atom. The Balaban J connectivity index is 1.37. The summed E-state index contributed by atoms with van der Waals surface area (Å²) in [5.74, 6) is 24.0. The molecule has 0 spiro atoms. The Morgan fingerprint density at radius 2 is 1.16 bits per heavy atom. The summed E-state index contributed by atoms with van der Waals surface area (Å²) in [7, 11) is 2.35. The van der Waals surface area contributed by atoms with Gasteiger partial charge in [-0.1, -0.05) is 54.3 Å². The number of ether oxygens (including phenoxy) is 4. The van der Waals surface area contributed by atoms with E-state index in [0.29, 0.717) is 66.6 Å². The molecule has 3 aliphatic rings. The maximum absolute atomic E-state index is 13.5. The summed E-state index contributed by atoms with van der Waals surface area (Å²) < 4.78 is 94.8. The summed E-state index contributed by atoms with van der Waals surface area (Å²) in [4.78, 5) is 43.7. The van der Waals surface area contributed by atoms with Crippen LogP contribution < -0.4 is 0 Å². The van der Waals surface area contributed by atoms with Crippen molar-refractivity contribution in [2.45, 2.75) is 39.5 Å². The van der Waals surface area contributed by atoms with E-state index in [0.717, 1.165) is 67.3 Å². The van der Waals surface area contributed by atoms with Gasteiger partial charge in [0.1, 0.15) is 26.3 Å². The van der Waals surface area contributed by atoms with Gasteiger partial charge in [0, 0.05) is 91.6 Å². The van der Waals surface area contributed by atoms with Crippen molar-refractivity contribution in [3.63, 3.8) is 0 Å². The molecule has 2 amide bonds. The highest BCUT2D eigenvalue weighted by atomic mass is 32.2. The zero-order valence-electron chi connectivity index (χ0n) is 51.1. The third-order valence-electron chi connectivity index (χ3n) is 14.7. The number of hydrogen-bond donors (Lipinski definition) is 0. The molecule has 4 heterocycles. The lowest BCUT2D eigenvalue weighted by atomic mass is 9.45. The van der Waals surface area contributed by atoms with E-state index in [2.05, 4.69) is 68.3 Å². The fourth-order valence-corrected chi connectivity index (χ4v) is 11.2. The molecule has 19 nitrogen and oxygen atoms in total. The molecule has 1 saturated heterocycles. The molecule has 1 fully saturated rings. The quantitative estimate of drug-likeness (QED) is 0.0199. The minimum Gasteiger partial charge on any atom is -0.748 e. The van der Waals surface area contributed by atoms with Gasteiger partial charge in [-0.2, -0.15) is 11.6 Å². The number of hydrogen-bond acceptors (Lipinski definition) is 14. The van der Waals surface area contributed by atoms with Crippen LogP contribution >= 0.6 is 0 Å². The van der Waals surface area contributed by atoms with Crippen molar-refractivity contribution in [3.05, 3.63) is 153 Å². The van der Waals surface area contributed by atoms with Gasteiger partial charge in [-0.25, -0.2) is 21.6 Å². The summed E-state index contributed by atoms with van der Waals surface area (Å²) in [5, 5.41) is 0.524. The molecular weight excluding hydrogens is 1160 g/mol. The molecule has 0 atom stereocenters. The number of carbonyl (C=O) groups is 3. The van der Waals surface area contributed by atoms with Crippen molar-refractivity contribution in [2.24, 2.45) is 0 Å². The van der Waals surface area contributed by atoms with Crippen molar-refractivity contribution in [2.75, 3.05) is 120 Å². The molecular formula is C66H74BN5O14S2. The average Bonchev–Trinajstić information content (AvgIpc) is 1.49. The Hall–Kier alpha value is -7.94. The molecule has 0 unspecified atom stereocenters. The van der Waals surface area contributed by atoms with Crippen LogP contribution in [0.2, 0.25) is 0 Å². The van der Waals surface area contributed by atoms with Crippen molar-refractivity contribution >= 4 is 73.9 Å². The van der Waals surface area contributed by atoms with Gasteiger partial charge >= 0.3 is 12.4 Å². The second-order valence-electron chi connectivity index (χ2n) is 22.7. The van der Waals surface area contributed by atoms with Gasteiger partial charge in [-0.05, 0) is 103 Å². The molecule has 0 radical (unpaired) electrons. The molecule has 1 aromatic heterocycles. The van der Waals surface area contributed by atoms with Crippen LogP contribution in [0, 0.1) is 54.1 Å². The molecule has 3 aliphatic heterocycles. The lowest BCUT2D eigenvalue weighted by molar-refractivity contribution is -0.883. The molecule has 22 heteroatoms. The van der Waals surface area contributed by atoms with Crippen LogP contribution in [0.25, 0.3) is 23.8 Å². The normalized spacial score (nSPS) is 14.8. The van der Waals surface area contributed by atoms with Crippen molar-refractivity contribution in [3.8, 4) is 47.2 Å². The van der Waals surface area contributed by atoms with Gasteiger partial charge in [0.15, 0.2) is 11.4 Å². The largest absolute Gasteiger partial charge is 0.748 e. The lowest BCUT2D eigenvalue weighted by Gasteiger charge is -2.39. The fourth-order valence-electron chi connectivity index (χ4n) is 10.2. The Bertz CT molecular complexity index is 3880. The first-order valence-electron chi connectivity index (χ1n) is 28.7. The predicted molar refractivity (Wildman–Crippen MR) is 336 cm³/mol. The zero-order chi connectivity index (χ0) is 63.7. The standard InChI is InChI=1S/C66H74BN5O14S2/c1-51-49-59(31-25-55-21-17-53(18-22-55)15-9-37-71(3,4)39-13-47-87(76,77)78)68-64(51)63(57-27-29-58(30-28-57)66(75)86-70-61(73)33-34-62(70)74)65-52(2)50-60(69(65)67(68,35-11-41-84-45-43-82-7)36-12-42-85-46-44-83-8)32-26-56-23-19-54(20-24-56)16-10-38-72(5,6)40-14-48-88(79,80)81/h17-32,49-50H,13-14,33-34,37-48H2,1-8H3/b31-25+,32-26+. The minimum absolute atomic E-state index is 0.0459. The molecule has 0 N–H and O–H groups in total. The third-order valence-corrected chi connectivity index (χ3v) is 16.2. The Morgan fingerprint density at radius 1 is 0.670 bits per heavy atom. The number of rotatable bonds is 25. The molecule has 7 rings (SSSR count). The number of aromatic nitrogens is 1. The van der Waals surface area contributed by atoms with Gasteiger partial charge < -0.3 is 50.8 Å². The summed E-state index contributed by atoms with van der Waals surface area (Å²) in [6, 6.07) is 24.5. The van der Waals surface area contributed by atoms with Crippen LogP contribution in [0.15, 0.2) is 102 Å². The van der Waals surface area contributed by atoms with Crippen LogP contribution in [-0.4, -0.2) is 199 Å². The van der Waals surface area contributed by atoms with Crippen LogP contribution in [-0.2, 0) is 53.6 Å². The number of hydroxylamine groups is 2. The number of benzene rings is 3. The highest BCUT2D eigenvalue weighted by Gasteiger charge is 2.51. The van der Waals surface area contributed by atoms with Gasteiger partial charge in [-0.3, -0.25) is 9.59 Å². The van der Waals surface area contributed by atoms with Crippen LogP contribution in [0.5, 0.6) is 0 Å². The molecule has 4 aromatic rings. The zero-order valence-corrected chi connectivity index (χ0v) is 52.7. The van der Waals surface area contributed by atoms with Crippen molar-refractivity contribution in [1.82, 2.24) is 9.54 Å². The van der Waals surface area contributed by atoms with E-state index in [1.807, 2.05) is 115 Å². The number of amides is 2. The van der Waals surface area contributed by atoms with Crippen LogP contribution in [0.4, 0.5) is 0 Å². The summed E-state index contributed by atoms with van der Waals surface area (Å²) in [6.45, 7) is 7.34. The second-order valence-corrected chi connectivity index (χ2v) is 25.8. The highest BCUT2D eigenvalue weighted by molar-refractivity contribution is 7.85. The first-order chi connectivity index (χ1) is 41.8. The third kappa shape index (κ3) is 18.8. The molecule has 462 valence electrons. The Labute approximate surface area is 517 Å².